The number of hydrogen-bond donors (Lipinski definition) is 0. The Kier molecular flexibility index (Phi) is 3.66. The van der Waals surface area contributed by atoms with Crippen LogP contribution in [-0.2, 0) is 17.8 Å². The number of alkyl halides is 1. The lowest BCUT2D eigenvalue weighted by molar-refractivity contribution is 0.0475. The van der Waals surface area contributed by atoms with E-state index in [9.17, 15) is 0 Å². The van der Waals surface area contributed by atoms with E-state index in [1.807, 2.05) is 6.07 Å². The Morgan fingerprint density at radius 3 is 2.56 bits per heavy atom. The molecule has 1 aliphatic carbocycles. The van der Waals surface area contributed by atoms with Crippen molar-refractivity contribution in [1.29, 1.82) is 0 Å². The van der Waals surface area contributed by atoms with E-state index in [4.69, 9.17) is 4.74 Å². The van der Waals surface area contributed by atoms with Gasteiger partial charge in [0, 0.05) is 3.92 Å². The predicted molar refractivity (Wildman–Crippen MR) is 81.9 cm³/mol. The quantitative estimate of drug-likeness (QED) is 0.592. The first-order valence-corrected chi connectivity index (χ1v) is 7.46. The summed E-state index contributed by atoms with van der Waals surface area (Å²) < 4.78 is 6.67. The van der Waals surface area contributed by atoms with Gasteiger partial charge in [-0.05, 0) is 23.1 Å². The van der Waals surface area contributed by atoms with Crippen molar-refractivity contribution in [1.82, 2.24) is 0 Å². The van der Waals surface area contributed by atoms with E-state index in [-0.39, 0.29) is 6.10 Å². The molecule has 92 valence electrons. The van der Waals surface area contributed by atoms with Crippen LogP contribution in [0.15, 0.2) is 54.6 Å². The maximum Gasteiger partial charge on any atom is 0.0952 e. The minimum absolute atomic E-state index is 0.238. The molecule has 18 heavy (non-hydrogen) atoms. The summed E-state index contributed by atoms with van der Waals surface area (Å²) >= 11 is 2.51. The summed E-state index contributed by atoms with van der Waals surface area (Å²) in [6, 6.07) is 19.0. The SMILES string of the molecule is I[C@@H]1Cc2ccccc2[C@H]1OCc1ccccc1. The molecule has 2 aromatic carbocycles. The average Bonchev–Trinajstić information content (AvgIpc) is 2.73. The number of rotatable bonds is 3. The Morgan fingerprint density at radius 1 is 1.00 bits per heavy atom. The Hall–Kier alpha value is -0.870. The molecule has 0 saturated heterocycles. The zero-order valence-electron chi connectivity index (χ0n) is 10.1. The molecule has 3 rings (SSSR count). The first-order valence-electron chi connectivity index (χ1n) is 6.22. The smallest absolute Gasteiger partial charge is 0.0952 e. The molecule has 0 aliphatic heterocycles. The lowest BCUT2D eigenvalue weighted by atomic mass is 10.1. The molecule has 2 atom stereocenters. The third kappa shape index (κ3) is 2.45. The van der Waals surface area contributed by atoms with Crippen molar-refractivity contribution in [3.63, 3.8) is 0 Å². The van der Waals surface area contributed by atoms with Gasteiger partial charge in [0.2, 0.25) is 0 Å². The number of hydrogen-bond acceptors (Lipinski definition) is 1. The molecular weight excluding hydrogens is 335 g/mol. The maximum atomic E-state index is 6.12. The van der Waals surface area contributed by atoms with Crippen molar-refractivity contribution in [2.24, 2.45) is 0 Å². The molecule has 1 aliphatic rings. The van der Waals surface area contributed by atoms with Gasteiger partial charge in [-0.1, -0.05) is 77.2 Å². The van der Waals surface area contributed by atoms with Crippen molar-refractivity contribution < 1.29 is 4.74 Å². The van der Waals surface area contributed by atoms with E-state index < -0.39 is 0 Å². The average molecular weight is 350 g/mol. The van der Waals surface area contributed by atoms with Crippen molar-refractivity contribution >= 4 is 22.6 Å². The Labute approximate surface area is 121 Å². The van der Waals surface area contributed by atoms with Gasteiger partial charge in [0.1, 0.15) is 0 Å². The van der Waals surface area contributed by atoms with Crippen molar-refractivity contribution in [3.05, 3.63) is 71.3 Å². The molecule has 0 saturated carbocycles. The van der Waals surface area contributed by atoms with E-state index in [0.717, 1.165) is 6.42 Å². The minimum atomic E-state index is 0.238. The monoisotopic (exact) mass is 350 g/mol. The second-order valence-electron chi connectivity index (χ2n) is 4.64. The van der Waals surface area contributed by atoms with Crippen LogP contribution in [0.2, 0.25) is 0 Å². The Morgan fingerprint density at radius 2 is 1.72 bits per heavy atom. The topological polar surface area (TPSA) is 9.23 Å². The number of fused-ring (bicyclic) bond motifs is 1. The Bertz CT molecular complexity index is 524. The normalized spacial score (nSPS) is 21.8. The highest BCUT2D eigenvalue weighted by atomic mass is 127. The summed E-state index contributed by atoms with van der Waals surface area (Å²) in [5.41, 5.74) is 4.05. The minimum Gasteiger partial charge on any atom is -0.368 e. The second-order valence-corrected chi connectivity index (χ2v) is 6.24. The number of benzene rings is 2. The zero-order chi connectivity index (χ0) is 12.4. The maximum absolute atomic E-state index is 6.12. The zero-order valence-corrected chi connectivity index (χ0v) is 12.2. The largest absolute Gasteiger partial charge is 0.368 e. The highest BCUT2D eigenvalue weighted by Crippen LogP contribution is 2.39. The molecule has 0 unspecified atom stereocenters. The summed E-state index contributed by atoms with van der Waals surface area (Å²) in [7, 11) is 0. The third-order valence-electron chi connectivity index (χ3n) is 3.38. The van der Waals surface area contributed by atoms with Gasteiger partial charge in [0.05, 0.1) is 12.7 Å². The van der Waals surface area contributed by atoms with E-state index in [1.165, 1.54) is 16.7 Å². The molecule has 0 aromatic heterocycles. The molecule has 0 spiro atoms. The second kappa shape index (κ2) is 5.41. The van der Waals surface area contributed by atoms with Gasteiger partial charge < -0.3 is 4.74 Å². The molecule has 0 heterocycles. The van der Waals surface area contributed by atoms with E-state index in [2.05, 4.69) is 71.1 Å². The van der Waals surface area contributed by atoms with Gasteiger partial charge in [0.25, 0.3) is 0 Å². The lowest BCUT2D eigenvalue weighted by Gasteiger charge is -2.16. The lowest BCUT2D eigenvalue weighted by Crippen LogP contribution is -2.10. The van der Waals surface area contributed by atoms with E-state index in [1.54, 1.807) is 0 Å². The fourth-order valence-corrected chi connectivity index (χ4v) is 3.53. The van der Waals surface area contributed by atoms with Crippen LogP contribution in [0.5, 0.6) is 0 Å². The van der Waals surface area contributed by atoms with Crippen molar-refractivity contribution in [2.45, 2.75) is 23.1 Å². The number of ether oxygens (including phenoxy) is 1. The highest BCUT2D eigenvalue weighted by molar-refractivity contribution is 14.1. The van der Waals surface area contributed by atoms with Crippen LogP contribution in [0.4, 0.5) is 0 Å². The standard InChI is InChI=1S/C16H15IO/c17-15-10-13-8-4-5-9-14(13)16(15)18-11-12-6-2-1-3-7-12/h1-9,15-16H,10-11H2/t15-,16-/m1/s1. The van der Waals surface area contributed by atoms with Gasteiger partial charge in [-0.15, -0.1) is 0 Å². The molecule has 2 heteroatoms. The van der Waals surface area contributed by atoms with Crippen molar-refractivity contribution in [3.8, 4) is 0 Å². The van der Waals surface area contributed by atoms with Gasteiger partial charge in [-0.3, -0.25) is 0 Å². The van der Waals surface area contributed by atoms with E-state index >= 15 is 0 Å². The summed E-state index contributed by atoms with van der Waals surface area (Å²) in [5, 5.41) is 0. The first kappa shape index (κ1) is 12.2. The fraction of sp³-hybridized carbons (Fsp3) is 0.250. The van der Waals surface area contributed by atoms with Gasteiger partial charge in [0.15, 0.2) is 0 Å². The van der Waals surface area contributed by atoms with Crippen LogP contribution in [0.25, 0.3) is 0 Å². The van der Waals surface area contributed by atoms with Gasteiger partial charge in [-0.25, -0.2) is 0 Å². The summed E-state index contributed by atoms with van der Waals surface area (Å²) in [5.74, 6) is 0. The molecular formula is C16H15IO. The number of halogens is 1. The van der Waals surface area contributed by atoms with Gasteiger partial charge >= 0.3 is 0 Å². The molecule has 0 N–H and O–H groups in total. The fourth-order valence-electron chi connectivity index (χ4n) is 2.46. The first-order chi connectivity index (χ1) is 8.84. The van der Waals surface area contributed by atoms with E-state index in [0.29, 0.717) is 10.5 Å². The molecule has 0 fully saturated rings. The molecule has 0 bridgehead atoms. The van der Waals surface area contributed by atoms with Crippen LogP contribution < -0.4 is 0 Å². The summed E-state index contributed by atoms with van der Waals surface area (Å²) in [6.07, 6.45) is 1.36. The van der Waals surface area contributed by atoms with Crippen molar-refractivity contribution in [2.75, 3.05) is 0 Å². The highest BCUT2D eigenvalue weighted by Gasteiger charge is 2.30. The Balaban J connectivity index is 1.74. The predicted octanol–water partition coefficient (Wildman–Crippen LogP) is 4.30. The van der Waals surface area contributed by atoms with Crippen LogP contribution >= 0.6 is 22.6 Å². The van der Waals surface area contributed by atoms with Crippen LogP contribution in [0.1, 0.15) is 22.8 Å². The molecule has 0 radical (unpaired) electrons. The molecule has 2 aromatic rings. The van der Waals surface area contributed by atoms with Crippen LogP contribution in [0, 0.1) is 0 Å². The van der Waals surface area contributed by atoms with Crippen LogP contribution in [0.3, 0.4) is 0 Å². The summed E-state index contributed by atoms with van der Waals surface area (Å²) in [6.45, 7) is 0.694. The summed E-state index contributed by atoms with van der Waals surface area (Å²) in [4.78, 5) is 0. The van der Waals surface area contributed by atoms with Gasteiger partial charge in [-0.2, -0.15) is 0 Å². The molecule has 1 nitrogen and oxygen atoms in total. The van der Waals surface area contributed by atoms with Crippen LogP contribution in [-0.4, -0.2) is 3.92 Å². The molecule has 0 amide bonds. The third-order valence-corrected chi connectivity index (χ3v) is 4.47.